The Balaban J connectivity index is 0.00000112. The summed E-state index contributed by atoms with van der Waals surface area (Å²) >= 11 is 0. The Kier molecular flexibility index (Phi) is 4.79. The van der Waals surface area contributed by atoms with Gasteiger partial charge in [0.2, 0.25) is 0 Å². The molecule has 0 aromatic heterocycles. The summed E-state index contributed by atoms with van der Waals surface area (Å²) in [7, 11) is 2.26. The molecule has 1 aromatic rings. The molecule has 0 aliphatic carbocycles. The molecule has 1 atom stereocenters. The number of rotatable bonds is 2. The highest BCUT2D eigenvalue weighted by molar-refractivity contribution is 5.16. The first-order valence-electron chi connectivity index (χ1n) is 5.60. The van der Waals surface area contributed by atoms with E-state index in [1.807, 2.05) is 0 Å². The van der Waals surface area contributed by atoms with Crippen LogP contribution >= 0.6 is 0 Å². The van der Waals surface area contributed by atoms with Gasteiger partial charge < -0.3 is 11.1 Å². The van der Waals surface area contributed by atoms with Gasteiger partial charge in [0.05, 0.1) is 0 Å². The number of hydrogen-bond donors (Lipinski definition) is 1. The highest BCUT2D eigenvalue weighted by Crippen LogP contribution is 2.18. The zero-order valence-corrected chi connectivity index (χ0v) is 9.65. The molecule has 0 bridgehead atoms. The van der Waals surface area contributed by atoms with E-state index in [0.717, 1.165) is 6.04 Å². The summed E-state index contributed by atoms with van der Waals surface area (Å²) in [5.41, 5.74) is 1.48. The van der Waals surface area contributed by atoms with E-state index in [4.69, 9.17) is 0 Å². The van der Waals surface area contributed by atoms with Crippen molar-refractivity contribution in [3.05, 3.63) is 35.9 Å². The van der Waals surface area contributed by atoms with E-state index in [1.165, 1.54) is 37.8 Å². The van der Waals surface area contributed by atoms with E-state index in [9.17, 15) is 0 Å². The van der Waals surface area contributed by atoms with Crippen molar-refractivity contribution < 1.29 is 0 Å². The summed E-state index contributed by atoms with van der Waals surface area (Å²) in [5, 5.41) is 0. The molecule has 1 unspecified atom stereocenters. The molecular weight excluding hydrogens is 184 g/mol. The van der Waals surface area contributed by atoms with Crippen molar-refractivity contribution in [2.75, 3.05) is 13.6 Å². The van der Waals surface area contributed by atoms with E-state index >= 15 is 0 Å². The van der Waals surface area contributed by atoms with E-state index in [0.29, 0.717) is 0 Å². The number of likely N-dealkylation sites (N-methyl/N-ethyl adjacent to an activating group) is 1. The molecule has 1 heterocycles. The van der Waals surface area contributed by atoms with Gasteiger partial charge in [-0.3, -0.25) is 0 Å². The van der Waals surface area contributed by atoms with Crippen molar-refractivity contribution in [3.63, 3.8) is 0 Å². The van der Waals surface area contributed by atoms with Crippen LogP contribution in [0.3, 0.4) is 0 Å². The molecule has 0 spiro atoms. The van der Waals surface area contributed by atoms with Crippen LogP contribution in [0.25, 0.3) is 0 Å². The van der Waals surface area contributed by atoms with Crippen molar-refractivity contribution in [3.8, 4) is 0 Å². The lowest BCUT2D eigenvalue weighted by Gasteiger charge is -2.32. The maximum Gasteiger partial charge on any atom is 0.0133 e. The fourth-order valence-electron chi connectivity index (χ4n) is 2.29. The monoisotopic (exact) mass is 206 g/mol. The van der Waals surface area contributed by atoms with Crippen LogP contribution in [0.2, 0.25) is 0 Å². The number of hydrogen-bond acceptors (Lipinski definition) is 2. The van der Waals surface area contributed by atoms with Crippen molar-refractivity contribution in [2.24, 2.45) is 0 Å². The summed E-state index contributed by atoms with van der Waals surface area (Å²) in [6, 6.07) is 11.6. The molecule has 1 saturated heterocycles. The molecule has 0 saturated carbocycles. The van der Waals surface area contributed by atoms with Crippen molar-refractivity contribution in [1.82, 2.24) is 11.1 Å². The van der Waals surface area contributed by atoms with Gasteiger partial charge in [0.25, 0.3) is 0 Å². The van der Waals surface area contributed by atoms with E-state index < -0.39 is 0 Å². The lowest BCUT2D eigenvalue weighted by Crippen LogP contribution is -2.37. The van der Waals surface area contributed by atoms with Gasteiger partial charge in [0.15, 0.2) is 0 Å². The summed E-state index contributed by atoms with van der Waals surface area (Å²) in [6.07, 6.45) is 5.37. The minimum Gasteiger partial charge on any atom is -0.344 e. The Morgan fingerprint density at radius 3 is 2.60 bits per heavy atom. The Bertz CT molecular complexity index is 271. The van der Waals surface area contributed by atoms with Gasteiger partial charge in [-0.15, -0.1) is 0 Å². The minimum absolute atomic E-state index is 0. The van der Waals surface area contributed by atoms with E-state index in [1.54, 1.807) is 0 Å². The first-order chi connectivity index (χ1) is 6.86. The summed E-state index contributed by atoms with van der Waals surface area (Å²) in [5.74, 6) is 0. The van der Waals surface area contributed by atoms with Gasteiger partial charge in [0.1, 0.15) is 0 Å². The molecule has 0 radical (unpaired) electrons. The zero-order valence-electron chi connectivity index (χ0n) is 9.65. The maximum absolute atomic E-state index is 2.51. The zero-order chi connectivity index (χ0) is 9.80. The molecule has 1 fully saturated rings. The largest absolute Gasteiger partial charge is 0.344 e. The molecule has 2 nitrogen and oxygen atoms in total. The molecule has 2 rings (SSSR count). The molecular formula is C13H22N2. The van der Waals surface area contributed by atoms with Crippen LogP contribution in [0, 0.1) is 0 Å². The average Bonchev–Trinajstić information content (AvgIpc) is 2.23. The summed E-state index contributed by atoms with van der Waals surface area (Å²) in [6.45, 7) is 1.28. The first-order valence-corrected chi connectivity index (χ1v) is 5.60. The standard InChI is InChI=1S/C13H19N.H3N/c1-14-10-6-5-9-13(14)11-12-7-3-2-4-8-12;/h2-4,7-8,13H,5-6,9-11H2,1H3;1H3. The smallest absolute Gasteiger partial charge is 0.0133 e. The Labute approximate surface area is 92.9 Å². The summed E-state index contributed by atoms with van der Waals surface area (Å²) in [4.78, 5) is 2.51. The minimum atomic E-state index is 0. The van der Waals surface area contributed by atoms with Gasteiger partial charge in [-0.1, -0.05) is 36.8 Å². The van der Waals surface area contributed by atoms with E-state index in [-0.39, 0.29) is 6.15 Å². The first kappa shape index (κ1) is 12.2. The average molecular weight is 206 g/mol. The third-order valence-corrected chi connectivity index (χ3v) is 3.24. The van der Waals surface area contributed by atoms with Gasteiger partial charge in [-0.2, -0.15) is 0 Å². The van der Waals surface area contributed by atoms with Crippen molar-refractivity contribution in [1.29, 1.82) is 0 Å². The molecule has 15 heavy (non-hydrogen) atoms. The maximum atomic E-state index is 2.51. The lowest BCUT2D eigenvalue weighted by molar-refractivity contribution is 0.184. The van der Waals surface area contributed by atoms with Crippen LogP contribution in [-0.2, 0) is 6.42 Å². The fraction of sp³-hybridized carbons (Fsp3) is 0.538. The summed E-state index contributed by atoms with van der Waals surface area (Å²) < 4.78 is 0. The molecule has 0 amide bonds. The van der Waals surface area contributed by atoms with Crippen LogP contribution in [0.5, 0.6) is 0 Å². The van der Waals surface area contributed by atoms with E-state index in [2.05, 4.69) is 42.3 Å². The van der Waals surface area contributed by atoms with Crippen LogP contribution in [0.15, 0.2) is 30.3 Å². The fourth-order valence-corrected chi connectivity index (χ4v) is 2.29. The second kappa shape index (κ2) is 5.89. The molecule has 2 heteroatoms. The Hall–Kier alpha value is -0.860. The third kappa shape index (κ3) is 3.33. The topological polar surface area (TPSA) is 38.2 Å². The van der Waals surface area contributed by atoms with Crippen LogP contribution < -0.4 is 6.15 Å². The second-order valence-electron chi connectivity index (χ2n) is 4.32. The van der Waals surface area contributed by atoms with Crippen LogP contribution in [0.1, 0.15) is 24.8 Å². The highest BCUT2D eigenvalue weighted by Gasteiger charge is 2.18. The van der Waals surface area contributed by atoms with Crippen molar-refractivity contribution in [2.45, 2.75) is 31.7 Å². The van der Waals surface area contributed by atoms with Gasteiger partial charge in [-0.25, -0.2) is 0 Å². The second-order valence-corrected chi connectivity index (χ2v) is 4.32. The molecule has 3 N–H and O–H groups in total. The predicted molar refractivity (Wildman–Crippen MR) is 65.4 cm³/mol. The van der Waals surface area contributed by atoms with Crippen molar-refractivity contribution >= 4 is 0 Å². The Morgan fingerprint density at radius 1 is 1.20 bits per heavy atom. The molecule has 84 valence electrons. The predicted octanol–water partition coefficient (Wildman–Crippen LogP) is 2.88. The number of likely N-dealkylation sites (tertiary alicyclic amines) is 1. The van der Waals surface area contributed by atoms with Crippen LogP contribution in [0.4, 0.5) is 0 Å². The van der Waals surface area contributed by atoms with Gasteiger partial charge >= 0.3 is 0 Å². The number of piperidine rings is 1. The molecule has 1 aliphatic heterocycles. The SMILES string of the molecule is CN1CCCCC1Cc1ccccc1.N. The third-order valence-electron chi connectivity index (χ3n) is 3.24. The number of benzene rings is 1. The normalized spacial score (nSPS) is 22.1. The Morgan fingerprint density at radius 2 is 1.93 bits per heavy atom. The van der Waals surface area contributed by atoms with Gasteiger partial charge in [0, 0.05) is 6.04 Å². The lowest BCUT2D eigenvalue weighted by atomic mass is 9.96. The van der Waals surface area contributed by atoms with Gasteiger partial charge in [-0.05, 0) is 38.4 Å². The van der Waals surface area contributed by atoms with Crippen LogP contribution in [-0.4, -0.2) is 24.5 Å². The highest BCUT2D eigenvalue weighted by atomic mass is 15.1. The quantitative estimate of drug-likeness (QED) is 0.808. The number of nitrogens with zero attached hydrogens (tertiary/aromatic N) is 1. The molecule has 1 aliphatic rings. The molecule has 1 aromatic carbocycles.